The summed E-state index contributed by atoms with van der Waals surface area (Å²) in [6.07, 6.45) is 5.36. The zero-order valence-electron chi connectivity index (χ0n) is 10.8. The van der Waals surface area contributed by atoms with Crippen LogP contribution in [0.15, 0.2) is 18.5 Å². The van der Waals surface area contributed by atoms with E-state index in [1.54, 1.807) is 13.4 Å². The Morgan fingerprint density at radius 1 is 1.39 bits per heavy atom. The Kier molecular flexibility index (Phi) is 2.91. The third-order valence-corrected chi connectivity index (χ3v) is 3.61. The number of rotatable bonds is 3. The van der Waals surface area contributed by atoms with Crippen LogP contribution in [-0.4, -0.2) is 33.9 Å². The van der Waals surface area contributed by atoms with E-state index >= 15 is 0 Å². The lowest BCUT2D eigenvalue weighted by atomic mass is 10.2. The molecule has 18 heavy (non-hydrogen) atoms. The zero-order chi connectivity index (χ0) is 12.5. The predicted octanol–water partition coefficient (Wildman–Crippen LogP) is 2.02. The number of hydrogen-bond donors (Lipinski definition) is 1. The van der Waals surface area contributed by atoms with E-state index in [9.17, 15) is 0 Å². The van der Waals surface area contributed by atoms with Gasteiger partial charge in [0.25, 0.3) is 0 Å². The second kappa shape index (κ2) is 4.57. The number of aromatic nitrogens is 3. The number of hydrogen-bond acceptors (Lipinski definition) is 4. The smallest absolute Gasteiger partial charge is 0.157 e. The van der Waals surface area contributed by atoms with Crippen molar-refractivity contribution in [3.8, 4) is 0 Å². The molecule has 2 aromatic heterocycles. The summed E-state index contributed by atoms with van der Waals surface area (Å²) >= 11 is 0. The third-order valence-electron chi connectivity index (χ3n) is 3.61. The lowest BCUT2D eigenvalue weighted by Crippen LogP contribution is -2.30. The fourth-order valence-electron chi connectivity index (χ4n) is 2.72. The first kappa shape index (κ1) is 11.5. The highest BCUT2D eigenvalue weighted by Gasteiger charge is 2.27. The Morgan fingerprint density at radius 3 is 3.11 bits per heavy atom. The molecular weight excluding hydrogens is 228 g/mol. The van der Waals surface area contributed by atoms with Gasteiger partial charge in [-0.1, -0.05) is 0 Å². The van der Waals surface area contributed by atoms with Crippen molar-refractivity contribution in [2.75, 3.05) is 12.4 Å². The molecule has 5 heteroatoms. The summed E-state index contributed by atoms with van der Waals surface area (Å²) in [7, 11) is 1.78. The van der Waals surface area contributed by atoms with Crippen LogP contribution in [0.2, 0.25) is 0 Å². The van der Waals surface area contributed by atoms with Crippen LogP contribution < -0.4 is 5.32 Å². The topological polar surface area (TPSA) is 51.5 Å². The summed E-state index contributed by atoms with van der Waals surface area (Å²) < 4.78 is 7.36. The van der Waals surface area contributed by atoms with E-state index in [0.29, 0.717) is 12.1 Å². The highest BCUT2D eigenvalue weighted by atomic mass is 16.5. The zero-order valence-corrected chi connectivity index (χ0v) is 10.8. The Morgan fingerprint density at radius 2 is 2.28 bits per heavy atom. The SMILES string of the molecule is COC1CCCC1Nc1cc(C)cc2ncnn12. The molecular formula is C13H18N4O. The number of anilines is 1. The fourth-order valence-corrected chi connectivity index (χ4v) is 2.72. The molecule has 1 aliphatic rings. The number of fused-ring (bicyclic) bond motifs is 1. The molecule has 0 aliphatic heterocycles. The summed E-state index contributed by atoms with van der Waals surface area (Å²) in [6, 6.07) is 4.50. The van der Waals surface area contributed by atoms with Crippen LogP contribution in [0.4, 0.5) is 5.82 Å². The average molecular weight is 246 g/mol. The summed E-state index contributed by atoms with van der Waals surface area (Å²) in [5, 5.41) is 7.80. The molecule has 1 aliphatic carbocycles. The molecule has 0 radical (unpaired) electrons. The number of aryl methyl sites for hydroxylation is 1. The molecule has 2 aromatic rings. The minimum absolute atomic E-state index is 0.295. The monoisotopic (exact) mass is 246 g/mol. The maximum absolute atomic E-state index is 5.51. The van der Waals surface area contributed by atoms with Crippen LogP contribution in [0.5, 0.6) is 0 Å². The van der Waals surface area contributed by atoms with E-state index < -0.39 is 0 Å². The Labute approximate surface area is 106 Å². The van der Waals surface area contributed by atoms with E-state index in [2.05, 4.69) is 28.4 Å². The van der Waals surface area contributed by atoms with Gasteiger partial charge in [-0.15, -0.1) is 0 Å². The minimum Gasteiger partial charge on any atom is -0.379 e. The highest BCUT2D eigenvalue weighted by molar-refractivity contribution is 5.51. The standard InChI is InChI=1S/C13H18N4O/c1-9-6-12-14-8-15-17(12)13(7-9)16-10-4-3-5-11(10)18-2/h6-8,10-11,16H,3-5H2,1-2H3. The van der Waals surface area contributed by atoms with E-state index in [1.807, 2.05) is 10.6 Å². The van der Waals surface area contributed by atoms with Gasteiger partial charge in [0, 0.05) is 7.11 Å². The van der Waals surface area contributed by atoms with Crippen LogP contribution >= 0.6 is 0 Å². The van der Waals surface area contributed by atoms with Gasteiger partial charge in [0.15, 0.2) is 5.65 Å². The predicted molar refractivity (Wildman–Crippen MR) is 69.8 cm³/mol. The summed E-state index contributed by atoms with van der Waals surface area (Å²) in [5.74, 6) is 0.997. The van der Waals surface area contributed by atoms with Crippen LogP contribution in [0.3, 0.4) is 0 Å². The van der Waals surface area contributed by atoms with Gasteiger partial charge in [-0.2, -0.15) is 9.61 Å². The molecule has 0 bridgehead atoms. The molecule has 2 unspecified atom stereocenters. The summed E-state index contributed by atoms with van der Waals surface area (Å²) in [5.41, 5.74) is 2.06. The quantitative estimate of drug-likeness (QED) is 0.900. The molecule has 3 rings (SSSR count). The lowest BCUT2D eigenvalue weighted by molar-refractivity contribution is 0.101. The first-order chi connectivity index (χ1) is 8.78. The van der Waals surface area contributed by atoms with Crippen LogP contribution in [0.1, 0.15) is 24.8 Å². The van der Waals surface area contributed by atoms with Crippen LogP contribution in [-0.2, 0) is 4.74 Å². The van der Waals surface area contributed by atoms with Crippen LogP contribution in [0.25, 0.3) is 5.65 Å². The molecule has 1 N–H and O–H groups in total. The van der Waals surface area contributed by atoms with E-state index in [4.69, 9.17) is 4.74 Å². The molecule has 2 heterocycles. The highest BCUT2D eigenvalue weighted by Crippen LogP contribution is 2.25. The average Bonchev–Trinajstić information content (AvgIpc) is 2.96. The van der Waals surface area contributed by atoms with E-state index in [0.717, 1.165) is 24.3 Å². The largest absolute Gasteiger partial charge is 0.379 e. The molecule has 1 fully saturated rings. The van der Waals surface area contributed by atoms with Crippen molar-refractivity contribution in [3.63, 3.8) is 0 Å². The second-order valence-electron chi connectivity index (χ2n) is 4.90. The number of methoxy groups -OCH3 is 1. The number of nitrogens with one attached hydrogen (secondary N) is 1. The van der Waals surface area contributed by atoms with Crippen molar-refractivity contribution in [1.82, 2.24) is 14.6 Å². The maximum atomic E-state index is 5.51. The van der Waals surface area contributed by atoms with Crippen molar-refractivity contribution in [2.24, 2.45) is 0 Å². The van der Waals surface area contributed by atoms with Gasteiger partial charge in [0.05, 0.1) is 12.1 Å². The molecule has 0 saturated heterocycles. The van der Waals surface area contributed by atoms with Crippen molar-refractivity contribution in [2.45, 2.75) is 38.3 Å². The van der Waals surface area contributed by atoms with Gasteiger partial charge >= 0.3 is 0 Å². The molecule has 1 saturated carbocycles. The number of ether oxygens (including phenoxy) is 1. The molecule has 96 valence electrons. The van der Waals surface area contributed by atoms with E-state index in [-0.39, 0.29) is 0 Å². The normalized spacial score (nSPS) is 23.7. The van der Waals surface area contributed by atoms with Crippen molar-refractivity contribution in [3.05, 3.63) is 24.0 Å². The molecule has 0 aromatic carbocycles. The maximum Gasteiger partial charge on any atom is 0.157 e. The van der Waals surface area contributed by atoms with Gasteiger partial charge in [-0.25, -0.2) is 4.98 Å². The Hall–Kier alpha value is -1.62. The first-order valence-electron chi connectivity index (χ1n) is 6.37. The van der Waals surface area contributed by atoms with Gasteiger partial charge in [0.1, 0.15) is 12.1 Å². The minimum atomic E-state index is 0.295. The molecule has 2 atom stereocenters. The van der Waals surface area contributed by atoms with Gasteiger partial charge < -0.3 is 10.1 Å². The lowest BCUT2D eigenvalue weighted by Gasteiger charge is -2.21. The van der Waals surface area contributed by atoms with Crippen molar-refractivity contribution < 1.29 is 4.74 Å². The molecule has 0 amide bonds. The summed E-state index contributed by atoms with van der Waals surface area (Å²) in [6.45, 7) is 2.07. The Balaban J connectivity index is 1.92. The number of nitrogens with zero attached hydrogens (tertiary/aromatic N) is 3. The van der Waals surface area contributed by atoms with Crippen LogP contribution in [0, 0.1) is 6.92 Å². The molecule has 5 nitrogen and oxygen atoms in total. The third kappa shape index (κ3) is 1.95. The molecule has 0 spiro atoms. The van der Waals surface area contributed by atoms with Crippen molar-refractivity contribution >= 4 is 11.5 Å². The summed E-state index contributed by atoms with van der Waals surface area (Å²) in [4.78, 5) is 4.23. The first-order valence-corrected chi connectivity index (χ1v) is 6.37. The fraction of sp³-hybridized carbons (Fsp3) is 0.538. The Bertz CT molecular complexity index is 551. The second-order valence-corrected chi connectivity index (χ2v) is 4.90. The van der Waals surface area contributed by atoms with Gasteiger partial charge in [-0.3, -0.25) is 0 Å². The van der Waals surface area contributed by atoms with Crippen molar-refractivity contribution in [1.29, 1.82) is 0 Å². The van der Waals surface area contributed by atoms with Gasteiger partial charge in [0.2, 0.25) is 0 Å². The van der Waals surface area contributed by atoms with E-state index in [1.165, 1.54) is 12.0 Å². The van der Waals surface area contributed by atoms with Gasteiger partial charge in [-0.05, 0) is 43.9 Å². The number of pyridine rings is 1.